The monoisotopic (exact) mass is 613 g/mol. The summed E-state index contributed by atoms with van der Waals surface area (Å²) in [4.78, 5) is 20.4. The maximum Gasteiger partial charge on any atom is 0.268 e. The van der Waals surface area contributed by atoms with Crippen molar-refractivity contribution in [3.63, 3.8) is 0 Å². The van der Waals surface area contributed by atoms with Crippen molar-refractivity contribution in [2.24, 2.45) is 5.73 Å². The van der Waals surface area contributed by atoms with Crippen LogP contribution in [-0.4, -0.2) is 66.9 Å². The van der Waals surface area contributed by atoms with Crippen LogP contribution in [0.25, 0.3) is 5.70 Å². The lowest BCUT2D eigenvalue weighted by Crippen LogP contribution is -2.51. The first kappa shape index (κ1) is 29.3. The number of amides is 1. The summed E-state index contributed by atoms with van der Waals surface area (Å²) in [5.74, 6) is 0.642. The Morgan fingerprint density at radius 1 is 1.07 bits per heavy atom. The van der Waals surface area contributed by atoms with Gasteiger partial charge in [-0.15, -0.1) is 11.3 Å². The Morgan fingerprint density at radius 3 is 2.57 bits per heavy atom. The number of benzene rings is 2. The normalized spacial score (nSPS) is 19.8. The third-order valence-corrected chi connectivity index (χ3v) is 11.2. The molecular formula is C35H43N5O3S. The van der Waals surface area contributed by atoms with Crippen LogP contribution in [0.15, 0.2) is 48.7 Å². The van der Waals surface area contributed by atoms with E-state index in [-0.39, 0.29) is 12.5 Å². The molecule has 2 aromatic carbocycles. The zero-order chi connectivity index (χ0) is 30.2. The van der Waals surface area contributed by atoms with Crippen LogP contribution in [-0.2, 0) is 30.6 Å². The zero-order valence-electron chi connectivity index (χ0n) is 25.6. The van der Waals surface area contributed by atoms with E-state index in [1.165, 1.54) is 47.3 Å². The number of ether oxygens (including phenoxy) is 1. The first-order valence-corrected chi connectivity index (χ1v) is 16.9. The summed E-state index contributed by atoms with van der Waals surface area (Å²) in [6, 6.07) is 15.1. The van der Waals surface area contributed by atoms with Gasteiger partial charge in [0.1, 0.15) is 0 Å². The lowest BCUT2D eigenvalue weighted by atomic mass is 9.88. The molecular weight excluding hydrogens is 570 g/mol. The predicted molar refractivity (Wildman–Crippen MR) is 177 cm³/mol. The van der Waals surface area contributed by atoms with E-state index < -0.39 is 0 Å². The molecule has 4 aliphatic rings. The number of hydrazine groups is 1. The van der Waals surface area contributed by atoms with Gasteiger partial charge in [0.15, 0.2) is 0 Å². The van der Waals surface area contributed by atoms with Gasteiger partial charge in [-0.25, -0.2) is 0 Å². The fourth-order valence-electron chi connectivity index (χ4n) is 7.39. The van der Waals surface area contributed by atoms with E-state index in [1.807, 2.05) is 41.4 Å². The van der Waals surface area contributed by atoms with Gasteiger partial charge in [-0.05, 0) is 98.8 Å². The Hall–Kier alpha value is -3.37. The molecule has 0 spiro atoms. The van der Waals surface area contributed by atoms with Gasteiger partial charge >= 0.3 is 0 Å². The number of hydrogen-bond donors (Lipinski definition) is 3. The Morgan fingerprint density at radius 2 is 1.84 bits per heavy atom. The van der Waals surface area contributed by atoms with Crippen molar-refractivity contribution in [1.82, 2.24) is 9.91 Å². The second-order valence-corrected chi connectivity index (χ2v) is 13.7. The van der Waals surface area contributed by atoms with Crippen LogP contribution in [0.4, 0.5) is 11.4 Å². The number of likely N-dealkylation sites (tertiary alicyclic amines) is 1. The molecule has 4 N–H and O–H groups in total. The van der Waals surface area contributed by atoms with Crippen LogP contribution in [0, 0.1) is 0 Å². The quantitative estimate of drug-likeness (QED) is 0.304. The minimum Gasteiger partial charge on any atom is -0.397 e. The molecule has 1 aromatic heterocycles. The number of carbonyl (C=O) groups is 1. The Bertz CT molecular complexity index is 1540. The lowest BCUT2D eigenvalue weighted by molar-refractivity contribution is -0.0712. The maximum atomic E-state index is 13.7. The number of nitrogens with two attached hydrogens (primary N) is 1. The van der Waals surface area contributed by atoms with Crippen molar-refractivity contribution in [2.45, 2.75) is 63.5 Å². The van der Waals surface area contributed by atoms with Crippen molar-refractivity contribution in [3.05, 3.63) is 86.2 Å². The lowest BCUT2D eigenvalue weighted by Gasteiger charge is -2.41. The summed E-state index contributed by atoms with van der Waals surface area (Å²) < 4.78 is 5.37. The molecule has 232 valence electrons. The molecule has 3 aromatic rings. The number of nitrogens with one attached hydrogen (secondary N) is 1. The molecule has 44 heavy (non-hydrogen) atoms. The molecule has 3 aliphatic heterocycles. The number of thiophene rings is 1. The second-order valence-electron chi connectivity index (χ2n) is 12.6. The highest BCUT2D eigenvalue weighted by atomic mass is 32.1. The third kappa shape index (κ3) is 5.62. The molecule has 2 saturated heterocycles. The molecule has 1 aliphatic carbocycles. The fraction of sp³-hybridized carbons (Fsp3) is 0.457. The van der Waals surface area contributed by atoms with Gasteiger partial charge in [0.25, 0.3) is 5.91 Å². The smallest absolute Gasteiger partial charge is 0.268 e. The van der Waals surface area contributed by atoms with Crippen molar-refractivity contribution in [3.8, 4) is 0 Å². The SMILES string of the molecule is CN(/C=C(\N)c1cccc(N2CCc3c(sc4c3CCCC4)C2=O)c1CO)Nc1ccc(C2CCN(C3COC3)CC2)cc1. The summed E-state index contributed by atoms with van der Waals surface area (Å²) in [7, 11) is 1.91. The van der Waals surface area contributed by atoms with Crippen LogP contribution in [0.2, 0.25) is 0 Å². The first-order chi connectivity index (χ1) is 21.5. The zero-order valence-corrected chi connectivity index (χ0v) is 26.4. The number of rotatable bonds is 8. The number of hydrogen-bond acceptors (Lipinski definition) is 8. The molecule has 0 radical (unpaired) electrons. The highest BCUT2D eigenvalue weighted by Gasteiger charge is 2.33. The number of nitrogens with zero attached hydrogens (tertiary/aromatic N) is 3. The van der Waals surface area contributed by atoms with Crippen LogP contribution in [0.3, 0.4) is 0 Å². The molecule has 9 heteroatoms. The van der Waals surface area contributed by atoms with Crippen molar-refractivity contribution >= 4 is 34.3 Å². The Kier molecular flexibility index (Phi) is 8.37. The van der Waals surface area contributed by atoms with E-state index in [2.05, 4.69) is 34.6 Å². The summed E-state index contributed by atoms with van der Waals surface area (Å²) in [5, 5.41) is 12.3. The fourth-order valence-corrected chi connectivity index (χ4v) is 8.77. The van der Waals surface area contributed by atoms with E-state index in [1.54, 1.807) is 11.3 Å². The Balaban J connectivity index is 1.03. The second kappa shape index (κ2) is 12.6. The predicted octanol–water partition coefficient (Wildman–Crippen LogP) is 5.12. The average Bonchev–Trinajstić information content (AvgIpc) is 3.40. The van der Waals surface area contributed by atoms with Crippen LogP contribution >= 0.6 is 11.3 Å². The van der Waals surface area contributed by atoms with E-state index in [0.29, 0.717) is 29.8 Å². The number of aryl methyl sites for hydroxylation is 1. The number of piperidine rings is 1. The van der Waals surface area contributed by atoms with Gasteiger partial charge in [0.05, 0.1) is 47.8 Å². The summed E-state index contributed by atoms with van der Waals surface area (Å²) in [5.41, 5.74) is 17.7. The van der Waals surface area contributed by atoms with Crippen molar-refractivity contribution in [1.29, 1.82) is 0 Å². The number of aliphatic hydroxyl groups is 1. The topological polar surface area (TPSA) is 94.3 Å². The van der Waals surface area contributed by atoms with Gasteiger partial charge in [0.2, 0.25) is 0 Å². The first-order valence-electron chi connectivity index (χ1n) is 16.1. The maximum absolute atomic E-state index is 13.7. The van der Waals surface area contributed by atoms with Crippen molar-refractivity contribution in [2.75, 3.05) is 50.2 Å². The number of fused-ring (bicyclic) bond motifs is 3. The van der Waals surface area contributed by atoms with Gasteiger partial charge in [-0.2, -0.15) is 0 Å². The molecule has 8 nitrogen and oxygen atoms in total. The van der Waals surface area contributed by atoms with E-state index >= 15 is 0 Å². The Labute approximate surface area is 264 Å². The largest absolute Gasteiger partial charge is 0.397 e. The van der Waals surface area contributed by atoms with E-state index in [9.17, 15) is 9.90 Å². The molecule has 0 bridgehead atoms. The van der Waals surface area contributed by atoms with Gasteiger partial charge in [-0.1, -0.05) is 24.3 Å². The summed E-state index contributed by atoms with van der Waals surface area (Å²) in [6.07, 6.45) is 9.65. The number of carbonyl (C=O) groups excluding carboxylic acids is 1. The highest BCUT2D eigenvalue weighted by molar-refractivity contribution is 7.14. The highest BCUT2D eigenvalue weighted by Crippen LogP contribution is 2.40. The molecule has 2 fully saturated rings. The van der Waals surface area contributed by atoms with Gasteiger partial charge < -0.3 is 20.5 Å². The molecule has 4 heterocycles. The third-order valence-electron chi connectivity index (χ3n) is 9.90. The minimum atomic E-state index is -0.205. The van der Waals surface area contributed by atoms with Crippen LogP contribution in [0.5, 0.6) is 0 Å². The molecule has 0 unspecified atom stereocenters. The average molecular weight is 614 g/mol. The standard InChI is InChI=1S/C35H43N5O3S/c1-38(37-25-11-9-23(10-12-25)24-13-16-39(17-14-24)26-21-43-22-26)19-31(36)27-6-4-7-32(30(27)20-41)40-18-15-29-28-5-2-3-8-33(28)44-34(29)35(40)42/h4,6-7,9-12,19,24,26,37,41H,2-3,5,8,13-18,20-22,36H2,1H3/b31-19-. The van der Waals surface area contributed by atoms with E-state index in [0.717, 1.165) is 67.4 Å². The minimum absolute atomic E-state index is 0.0424. The molecule has 1 amide bonds. The molecule has 0 saturated carbocycles. The molecule has 7 rings (SSSR count). The van der Waals surface area contributed by atoms with Crippen molar-refractivity contribution < 1.29 is 14.6 Å². The van der Waals surface area contributed by atoms with Gasteiger partial charge in [0, 0.05) is 35.8 Å². The van der Waals surface area contributed by atoms with E-state index in [4.69, 9.17) is 10.5 Å². The summed E-state index contributed by atoms with van der Waals surface area (Å²) in [6.45, 7) is 4.47. The number of aliphatic hydroxyl groups excluding tert-OH is 1. The molecule has 0 atom stereocenters. The summed E-state index contributed by atoms with van der Waals surface area (Å²) >= 11 is 1.68. The van der Waals surface area contributed by atoms with Crippen LogP contribution < -0.4 is 16.1 Å². The number of anilines is 2. The van der Waals surface area contributed by atoms with Crippen LogP contribution in [0.1, 0.15) is 74.0 Å². The van der Waals surface area contributed by atoms with Gasteiger partial charge in [-0.3, -0.25) is 20.1 Å².